The van der Waals surface area contributed by atoms with E-state index in [0.717, 1.165) is 6.20 Å². The Hall–Kier alpha value is -1.96. The number of halogens is 1. The van der Waals surface area contributed by atoms with Gasteiger partial charge in [0.2, 0.25) is 11.8 Å². The summed E-state index contributed by atoms with van der Waals surface area (Å²) in [6, 6.07) is 0. The molecule has 8 heteroatoms. The Balaban J connectivity index is 2.13. The zero-order valence-electron chi connectivity index (χ0n) is 9.45. The third-order valence-electron chi connectivity index (χ3n) is 2.79. The summed E-state index contributed by atoms with van der Waals surface area (Å²) >= 11 is 0. The standard InChI is InChI=1S/C10H13FN4O3/c11-7-3-13-10(8(14-7)9(12)15-17)18-6-1-5(2-6)4-16/h3,5-6,16-17H,1-2,4H2,(H2,12,15). The first kappa shape index (κ1) is 12.5. The van der Waals surface area contributed by atoms with Gasteiger partial charge in [0.15, 0.2) is 11.5 Å². The molecule has 0 aliphatic heterocycles. The van der Waals surface area contributed by atoms with Crippen molar-refractivity contribution < 1.29 is 19.4 Å². The fourth-order valence-electron chi connectivity index (χ4n) is 1.73. The van der Waals surface area contributed by atoms with Crippen LogP contribution in [0, 0.1) is 11.9 Å². The molecule has 98 valence electrons. The van der Waals surface area contributed by atoms with E-state index in [-0.39, 0.29) is 36.0 Å². The number of ether oxygens (including phenoxy) is 1. The maximum Gasteiger partial charge on any atom is 0.244 e. The molecular weight excluding hydrogens is 243 g/mol. The highest BCUT2D eigenvalue weighted by Crippen LogP contribution is 2.30. The summed E-state index contributed by atoms with van der Waals surface area (Å²) in [5.41, 5.74) is 5.23. The average molecular weight is 256 g/mol. The zero-order chi connectivity index (χ0) is 13.1. The highest BCUT2D eigenvalue weighted by molar-refractivity contribution is 5.97. The lowest BCUT2D eigenvalue weighted by atomic mass is 9.83. The van der Waals surface area contributed by atoms with Crippen molar-refractivity contribution in [2.75, 3.05) is 6.61 Å². The van der Waals surface area contributed by atoms with Gasteiger partial charge in [0, 0.05) is 6.61 Å². The molecule has 4 N–H and O–H groups in total. The van der Waals surface area contributed by atoms with E-state index in [1.807, 2.05) is 0 Å². The Morgan fingerprint density at radius 1 is 1.61 bits per heavy atom. The van der Waals surface area contributed by atoms with Crippen molar-refractivity contribution in [1.29, 1.82) is 0 Å². The van der Waals surface area contributed by atoms with Gasteiger partial charge in [-0.15, -0.1) is 0 Å². The normalized spacial score (nSPS) is 23.6. The van der Waals surface area contributed by atoms with Crippen LogP contribution < -0.4 is 10.5 Å². The number of nitrogens with two attached hydrogens (primary N) is 1. The molecule has 0 radical (unpaired) electrons. The van der Waals surface area contributed by atoms with Gasteiger partial charge in [0.05, 0.1) is 6.20 Å². The highest BCUT2D eigenvalue weighted by atomic mass is 19.1. The smallest absolute Gasteiger partial charge is 0.244 e. The van der Waals surface area contributed by atoms with E-state index in [1.165, 1.54) is 0 Å². The van der Waals surface area contributed by atoms with Crippen molar-refractivity contribution >= 4 is 5.84 Å². The van der Waals surface area contributed by atoms with Crippen LogP contribution in [0.3, 0.4) is 0 Å². The molecule has 0 aromatic carbocycles. The minimum absolute atomic E-state index is 0.0214. The molecule has 1 heterocycles. The first-order valence-electron chi connectivity index (χ1n) is 5.42. The molecule has 7 nitrogen and oxygen atoms in total. The first-order valence-corrected chi connectivity index (χ1v) is 5.42. The van der Waals surface area contributed by atoms with Crippen LogP contribution in [0.15, 0.2) is 11.4 Å². The van der Waals surface area contributed by atoms with Crippen LogP contribution in [0.5, 0.6) is 5.88 Å². The summed E-state index contributed by atoms with van der Waals surface area (Å²) < 4.78 is 18.4. The van der Waals surface area contributed by atoms with Crippen LogP contribution in [0.2, 0.25) is 0 Å². The SMILES string of the molecule is N/C(=N\O)c1nc(F)cnc1OC1CC(CO)C1. The van der Waals surface area contributed by atoms with Crippen molar-refractivity contribution in [3.63, 3.8) is 0 Å². The van der Waals surface area contributed by atoms with Crippen molar-refractivity contribution in [3.05, 3.63) is 17.8 Å². The van der Waals surface area contributed by atoms with E-state index < -0.39 is 5.95 Å². The van der Waals surface area contributed by atoms with E-state index in [4.69, 9.17) is 20.8 Å². The maximum absolute atomic E-state index is 12.9. The Labute approximate surface area is 102 Å². The molecule has 0 atom stereocenters. The third kappa shape index (κ3) is 2.48. The third-order valence-corrected chi connectivity index (χ3v) is 2.79. The van der Waals surface area contributed by atoms with Crippen LogP contribution in [0.4, 0.5) is 4.39 Å². The Morgan fingerprint density at radius 3 is 2.94 bits per heavy atom. The fraction of sp³-hybridized carbons (Fsp3) is 0.500. The second-order valence-electron chi connectivity index (χ2n) is 4.09. The largest absolute Gasteiger partial charge is 0.473 e. The molecule has 18 heavy (non-hydrogen) atoms. The number of hydrogen-bond acceptors (Lipinski definition) is 6. The highest BCUT2D eigenvalue weighted by Gasteiger charge is 2.31. The van der Waals surface area contributed by atoms with Crippen LogP contribution in [0.25, 0.3) is 0 Å². The molecular formula is C10H13FN4O3. The van der Waals surface area contributed by atoms with E-state index in [9.17, 15) is 4.39 Å². The molecule has 0 amide bonds. The number of nitrogens with zero attached hydrogens (tertiary/aromatic N) is 3. The minimum Gasteiger partial charge on any atom is -0.473 e. The summed E-state index contributed by atoms with van der Waals surface area (Å²) in [4.78, 5) is 7.20. The molecule has 2 rings (SSSR count). The predicted octanol–water partition coefficient (Wildman–Crippen LogP) is -0.140. The predicted molar refractivity (Wildman–Crippen MR) is 58.7 cm³/mol. The molecule has 1 aromatic heterocycles. The molecule has 1 fully saturated rings. The molecule has 0 spiro atoms. The molecule has 1 aromatic rings. The van der Waals surface area contributed by atoms with Gasteiger partial charge in [-0.1, -0.05) is 5.16 Å². The van der Waals surface area contributed by atoms with Crippen molar-refractivity contribution in [2.24, 2.45) is 16.8 Å². The molecule has 1 aliphatic rings. The van der Waals surface area contributed by atoms with Gasteiger partial charge in [0.25, 0.3) is 0 Å². The summed E-state index contributed by atoms with van der Waals surface area (Å²) in [6.07, 6.45) is 2.15. The Kier molecular flexibility index (Phi) is 3.56. The van der Waals surface area contributed by atoms with Gasteiger partial charge >= 0.3 is 0 Å². The monoisotopic (exact) mass is 256 g/mol. The van der Waals surface area contributed by atoms with Crippen molar-refractivity contribution in [3.8, 4) is 5.88 Å². The number of aromatic nitrogens is 2. The summed E-state index contributed by atoms with van der Waals surface area (Å²) in [6.45, 7) is 0.113. The Morgan fingerprint density at radius 2 is 2.33 bits per heavy atom. The topological polar surface area (TPSA) is 114 Å². The van der Waals surface area contributed by atoms with Crippen molar-refractivity contribution in [1.82, 2.24) is 9.97 Å². The molecule has 1 aliphatic carbocycles. The van der Waals surface area contributed by atoms with Crippen LogP contribution in [-0.2, 0) is 0 Å². The van der Waals surface area contributed by atoms with Crippen LogP contribution in [-0.4, -0.2) is 38.8 Å². The molecule has 0 bridgehead atoms. The van der Waals surface area contributed by atoms with Gasteiger partial charge < -0.3 is 20.8 Å². The van der Waals surface area contributed by atoms with E-state index >= 15 is 0 Å². The van der Waals surface area contributed by atoms with Gasteiger partial charge in [-0.3, -0.25) is 0 Å². The van der Waals surface area contributed by atoms with Gasteiger partial charge in [-0.25, -0.2) is 9.97 Å². The summed E-state index contributed by atoms with van der Waals surface area (Å²) in [5.74, 6) is -0.968. The number of oxime groups is 1. The lowest BCUT2D eigenvalue weighted by molar-refractivity contribution is 0.0290. The van der Waals surface area contributed by atoms with Gasteiger partial charge in [0.1, 0.15) is 6.10 Å². The molecule has 0 unspecified atom stereocenters. The lowest BCUT2D eigenvalue weighted by Crippen LogP contribution is -2.36. The van der Waals surface area contributed by atoms with Gasteiger partial charge in [-0.2, -0.15) is 4.39 Å². The minimum atomic E-state index is -0.842. The van der Waals surface area contributed by atoms with Gasteiger partial charge in [-0.05, 0) is 18.8 Å². The number of rotatable bonds is 4. The average Bonchev–Trinajstić information content (AvgIpc) is 2.33. The van der Waals surface area contributed by atoms with E-state index in [1.54, 1.807) is 0 Å². The second-order valence-corrected chi connectivity index (χ2v) is 4.09. The maximum atomic E-state index is 12.9. The van der Waals surface area contributed by atoms with Crippen molar-refractivity contribution in [2.45, 2.75) is 18.9 Å². The summed E-state index contributed by atoms with van der Waals surface area (Å²) in [7, 11) is 0. The van der Waals surface area contributed by atoms with Crippen LogP contribution in [0.1, 0.15) is 18.5 Å². The Bertz CT molecular complexity index is 462. The first-order chi connectivity index (χ1) is 8.63. The zero-order valence-corrected chi connectivity index (χ0v) is 9.45. The molecule has 0 saturated heterocycles. The quantitative estimate of drug-likeness (QED) is 0.299. The number of aliphatic hydroxyl groups is 1. The van der Waals surface area contributed by atoms with E-state index in [0.29, 0.717) is 12.8 Å². The molecule has 1 saturated carbocycles. The van der Waals surface area contributed by atoms with E-state index in [2.05, 4.69) is 15.1 Å². The number of aliphatic hydroxyl groups excluding tert-OH is 1. The summed E-state index contributed by atoms with van der Waals surface area (Å²) in [5, 5.41) is 20.2. The number of hydrogen-bond donors (Lipinski definition) is 3. The van der Waals surface area contributed by atoms with Crippen LogP contribution >= 0.6 is 0 Å². The second kappa shape index (κ2) is 5.13. The number of amidine groups is 1. The fourth-order valence-corrected chi connectivity index (χ4v) is 1.73. The lowest BCUT2D eigenvalue weighted by Gasteiger charge is -2.33.